The molecule has 0 aliphatic carbocycles. The van der Waals surface area contributed by atoms with E-state index < -0.39 is 157 Å². The summed E-state index contributed by atoms with van der Waals surface area (Å²) in [5.41, 5.74) is 11.4. The van der Waals surface area contributed by atoms with Gasteiger partial charge in [0.25, 0.3) is 0 Å². The second-order valence-corrected chi connectivity index (χ2v) is 18.2. The Labute approximate surface area is 416 Å². The highest BCUT2D eigenvalue weighted by atomic mass is 16.5. The summed E-state index contributed by atoms with van der Waals surface area (Å²) in [5, 5.41) is 55.8. The minimum atomic E-state index is -1.65. The molecule has 3 rings (SSSR count). The number of aliphatic carboxylic acids is 1. The normalized spacial score (nSPS) is 21.4. The van der Waals surface area contributed by atoms with Crippen molar-refractivity contribution in [1.29, 1.82) is 0 Å². The first-order valence-electron chi connectivity index (χ1n) is 24.1. The lowest BCUT2D eigenvalue weighted by Crippen LogP contribution is -2.61. The number of nitrogens with zero attached hydrogens (tertiary/aromatic N) is 3. The van der Waals surface area contributed by atoms with Gasteiger partial charge in [-0.1, -0.05) is 0 Å². The van der Waals surface area contributed by atoms with Gasteiger partial charge in [0.1, 0.15) is 48.3 Å². The summed E-state index contributed by atoms with van der Waals surface area (Å²) in [4.78, 5) is 148. The minimum absolute atomic E-state index is 0.0428. The van der Waals surface area contributed by atoms with Crippen LogP contribution in [0.25, 0.3) is 0 Å². The standard InChI is InChI=1S/C44H74N12O16/c1-22(42(69)54-15-7-10-26(54)20-57)49-40(67)34(24(3)59)52-37(64)29(21-58)50-32(60)19-47-38(65)30-12-8-16-55(30)43(70)23(2)48-39(66)31-13-9-17-56(31)44(71)28(11-6-14-45)51-41(68)35(25(4)72-5)53-36(63)27(46)18-33(61)62/h22-31,34-35,57-59H,6-21,45-46H2,1-5H3,(H,47,65)(H,48,66)(H,49,67)(H,50,60)(H,51,68)(H,52,64)(H,53,63)(H,61,62)/t22?,23?,24?,25?,26-,27-,28-,29-,30-,31-,34-,35?/m0/s1. The number of nitrogens with one attached hydrogen (secondary N) is 7. The Balaban J connectivity index is 1.58. The lowest BCUT2D eigenvalue weighted by molar-refractivity contribution is -0.144. The molecule has 0 aromatic heterocycles. The van der Waals surface area contributed by atoms with Crippen molar-refractivity contribution in [2.24, 2.45) is 11.5 Å². The predicted octanol–water partition coefficient (Wildman–Crippen LogP) is -7.03. The number of nitrogens with two attached hydrogens (primary N) is 2. The maximum atomic E-state index is 14.0. The van der Waals surface area contributed by atoms with Crippen molar-refractivity contribution < 1.29 is 77.9 Å². The van der Waals surface area contributed by atoms with Crippen LogP contribution in [0.5, 0.6) is 0 Å². The molecule has 72 heavy (non-hydrogen) atoms. The smallest absolute Gasteiger partial charge is 0.305 e. The molecular formula is C44H74N12O16. The van der Waals surface area contributed by atoms with Crippen LogP contribution >= 0.6 is 0 Å². The first kappa shape index (κ1) is 60.2. The largest absolute Gasteiger partial charge is 0.481 e. The molecule has 0 spiro atoms. The summed E-state index contributed by atoms with van der Waals surface area (Å²) >= 11 is 0. The summed E-state index contributed by atoms with van der Waals surface area (Å²) in [6.45, 7) is 4.31. The molecule has 15 N–H and O–H groups in total. The fourth-order valence-electron chi connectivity index (χ4n) is 8.65. The van der Waals surface area contributed by atoms with E-state index in [4.69, 9.17) is 21.3 Å². The molecule has 406 valence electrons. The molecule has 5 unspecified atom stereocenters. The number of amides is 10. The summed E-state index contributed by atoms with van der Waals surface area (Å²) in [5.74, 6) is -9.25. The fraction of sp³-hybridized carbons (Fsp3) is 0.750. The summed E-state index contributed by atoms with van der Waals surface area (Å²) in [7, 11) is 1.27. The third kappa shape index (κ3) is 16.8. The number of likely N-dealkylation sites (tertiary alicyclic amines) is 3. The highest BCUT2D eigenvalue weighted by Crippen LogP contribution is 2.22. The van der Waals surface area contributed by atoms with Crippen molar-refractivity contribution in [3.8, 4) is 0 Å². The third-order valence-electron chi connectivity index (χ3n) is 12.8. The molecule has 10 amide bonds. The van der Waals surface area contributed by atoms with Gasteiger partial charge in [0.05, 0.1) is 50.5 Å². The average Bonchev–Trinajstić information content (AvgIpc) is 4.15. The quantitative estimate of drug-likeness (QED) is 0.0364. The Bertz CT molecular complexity index is 1960. The van der Waals surface area contributed by atoms with Gasteiger partial charge in [-0.15, -0.1) is 0 Å². The topological polar surface area (TPSA) is 424 Å². The first-order chi connectivity index (χ1) is 34.0. The van der Waals surface area contributed by atoms with Crippen LogP contribution < -0.4 is 48.7 Å². The van der Waals surface area contributed by atoms with Crippen LogP contribution in [-0.2, 0) is 57.5 Å². The minimum Gasteiger partial charge on any atom is -0.481 e. The molecule has 12 atom stereocenters. The van der Waals surface area contributed by atoms with E-state index in [0.717, 1.165) is 0 Å². The Kier molecular flexibility index (Phi) is 24.1. The van der Waals surface area contributed by atoms with E-state index in [-0.39, 0.29) is 51.9 Å². The predicted molar refractivity (Wildman–Crippen MR) is 251 cm³/mol. The van der Waals surface area contributed by atoms with Crippen LogP contribution in [0.2, 0.25) is 0 Å². The maximum absolute atomic E-state index is 14.0. The number of carboxylic acids is 1. The zero-order valence-electron chi connectivity index (χ0n) is 41.4. The molecule has 28 nitrogen and oxygen atoms in total. The Morgan fingerprint density at radius 3 is 1.76 bits per heavy atom. The summed E-state index contributed by atoms with van der Waals surface area (Å²) < 4.78 is 5.25. The van der Waals surface area contributed by atoms with Gasteiger partial charge in [-0.05, 0) is 85.6 Å². The molecule has 3 aliphatic rings. The van der Waals surface area contributed by atoms with Crippen molar-refractivity contribution in [2.45, 2.75) is 158 Å². The number of aliphatic hydroxyl groups is 3. The van der Waals surface area contributed by atoms with Crippen LogP contribution in [-0.4, -0.2) is 226 Å². The molecule has 0 aromatic carbocycles. The van der Waals surface area contributed by atoms with E-state index in [1.807, 2.05) is 0 Å². The van der Waals surface area contributed by atoms with E-state index >= 15 is 0 Å². The second-order valence-electron chi connectivity index (χ2n) is 18.2. The van der Waals surface area contributed by atoms with Gasteiger partial charge in [0.15, 0.2) is 0 Å². The van der Waals surface area contributed by atoms with Gasteiger partial charge in [-0.3, -0.25) is 52.7 Å². The van der Waals surface area contributed by atoms with Crippen LogP contribution in [0.4, 0.5) is 0 Å². The molecule has 0 bridgehead atoms. The number of ether oxygens (including phenoxy) is 1. The van der Waals surface area contributed by atoms with E-state index in [2.05, 4.69) is 37.2 Å². The van der Waals surface area contributed by atoms with Crippen LogP contribution in [0.15, 0.2) is 0 Å². The van der Waals surface area contributed by atoms with Crippen LogP contribution in [0, 0.1) is 0 Å². The van der Waals surface area contributed by atoms with Crippen molar-refractivity contribution in [3.63, 3.8) is 0 Å². The van der Waals surface area contributed by atoms with E-state index in [1.165, 1.54) is 49.5 Å². The molecule has 3 saturated heterocycles. The maximum Gasteiger partial charge on any atom is 0.305 e. The molecule has 28 heteroatoms. The van der Waals surface area contributed by atoms with Crippen molar-refractivity contribution in [3.05, 3.63) is 0 Å². The Hall–Kier alpha value is -6.07. The van der Waals surface area contributed by atoms with Crippen LogP contribution in [0.1, 0.15) is 85.5 Å². The number of carbonyl (C=O) groups excluding carboxylic acids is 10. The van der Waals surface area contributed by atoms with Gasteiger partial charge < -0.3 is 88.5 Å². The molecule has 3 aliphatic heterocycles. The lowest BCUT2D eigenvalue weighted by Gasteiger charge is -2.32. The fourth-order valence-corrected chi connectivity index (χ4v) is 8.65. The molecule has 0 aromatic rings. The van der Waals surface area contributed by atoms with Crippen molar-refractivity contribution in [2.75, 3.05) is 53.0 Å². The first-order valence-corrected chi connectivity index (χ1v) is 24.1. The number of rotatable bonds is 27. The SMILES string of the molecule is COC(C)C(NC(=O)[C@@H](N)CC(=O)O)C(=O)N[C@@H](CCCN)C(=O)N1CCC[C@H]1C(=O)NC(C)C(=O)N1CCC[C@H]1C(=O)NCC(=O)N[C@@H](CO)C(=O)N[C@H](C(=O)NC(C)C(=O)N1CCC[C@H]1CO)C(C)O. The van der Waals surface area contributed by atoms with Crippen molar-refractivity contribution >= 4 is 65.0 Å². The van der Waals surface area contributed by atoms with Crippen LogP contribution in [0.3, 0.4) is 0 Å². The molecule has 0 saturated carbocycles. The van der Waals surface area contributed by atoms with Gasteiger partial charge in [0, 0.05) is 26.7 Å². The molecular weight excluding hydrogens is 953 g/mol. The van der Waals surface area contributed by atoms with Gasteiger partial charge >= 0.3 is 5.97 Å². The second kappa shape index (κ2) is 28.8. The number of carboxylic acid groups (broad SMARTS) is 1. The summed E-state index contributed by atoms with van der Waals surface area (Å²) in [6.07, 6.45) is -0.399. The molecule has 0 radical (unpaired) electrons. The number of aliphatic hydroxyl groups excluding tert-OH is 3. The number of methoxy groups -OCH3 is 1. The third-order valence-corrected chi connectivity index (χ3v) is 12.8. The molecule has 3 fully saturated rings. The lowest BCUT2D eigenvalue weighted by atomic mass is 10.1. The van der Waals surface area contributed by atoms with Gasteiger partial charge in [-0.2, -0.15) is 0 Å². The highest BCUT2D eigenvalue weighted by Gasteiger charge is 2.42. The highest BCUT2D eigenvalue weighted by molar-refractivity contribution is 5.98. The van der Waals surface area contributed by atoms with E-state index in [9.17, 15) is 68.1 Å². The zero-order valence-corrected chi connectivity index (χ0v) is 41.4. The average molecular weight is 1030 g/mol. The van der Waals surface area contributed by atoms with Gasteiger partial charge in [-0.25, -0.2) is 0 Å². The molecule has 3 heterocycles. The van der Waals surface area contributed by atoms with E-state index in [0.29, 0.717) is 32.2 Å². The number of carbonyl (C=O) groups is 11. The Morgan fingerprint density at radius 2 is 1.19 bits per heavy atom. The number of hydrogen-bond donors (Lipinski definition) is 13. The van der Waals surface area contributed by atoms with Gasteiger partial charge in [0.2, 0.25) is 59.1 Å². The number of hydrogen-bond acceptors (Lipinski definition) is 17. The van der Waals surface area contributed by atoms with Crippen molar-refractivity contribution in [1.82, 2.24) is 51.9 Å². The summed E-state index contributed by atoms with van der Waals surface area (Å²) in [6, 6.07) is -12.2. The monoisotopic (exact) mass is 1030 g/mol. The Morgan fingerprint density at radius 1 is 0.653 bits per heavy atom. The van der Waals surface area contributed by atoms with E-state index in [1.54, 1.807) is 0 Å². The zero-order chi connectivity index (χ0) is 54.0.